The summed E-state index contributed by atoms with van der Waals surface area (Å²) in [6.07, 6.45) is -4.26. The number of amides is 2. The molecule has 2 N–H and O–H groups in total. The second kappa shape index (κ2) is 6.66. The summed E-state index contributed by atoms with van der Waals surface area (Å²) in [5, 5.41) is 4.66. The van der Waals surface area contributed by atoms with Crippen LogP contribution in [0.5, 0.6) is 5.75 Å². The van der Waals surface area contributed by atoms with Crippen molar-refractivity contribution in [3.8, 4) is 5.75 Å². The molecule has 0 radical (unpaired) electrons. The van der Waals surface area contributed by atoms with E-state index in [9.17, 15) is 22.8 Å². The number of alkyl halides is 4. The van der Waals surface area contributed by atoms with Gasteiger partial charge in [0.15, 0.2) is 0 Å². The predicted molar refractivity (Wildman–Crippen MR) is 71.4 cm³/mol. The molecule has 2 amide bonds. The summed E-state index contributed by atoms with van der Waals surface area (Å²) in [7, 11) is 0. The van der Waals surface area contributed by atoms with Crippen LogP contribution in [0.15, 0.2) is 18.2 Å². The minimum Gasteiger partial charge on any atom is -0.429 e. The quantitative estimate of drug-likeness (QED) is 0.818. The summed E-state index contributed by atoms with van der Waals surface area (Å²) >= 11 is 4.69. The standard InChI is InChI=1S/C12H12ClF3N2O3/c1-6(19)17-8-3-9(18-7(2)20)5-10(4-8)21-12(15,16)11(13)14/h3-5,11H,1-2H3,(H,17,19)(H,18,20). The molecule has 21 heavy (non-hydrogen) atoms. The van der Waals surface area contributed by atoms with Gasteiger partial charge in [0.05, 0.1) is 0 Å². The van der Waals surface area contributed by atoms with Crippen molar-refractivity contribution in [3.05, 3.63) is 18.2 Å². The Kier molecular flexibility index (Phi) is 5.42. The molecule has 0 aliphatic rings. The fourth-order valence-corrected chi connectivity index (χ4v) is 1.46. The van der Waals surface area contributed by atoms with Gasteiger partial charge < -0.3 is 15.4 Å². The maximum atomic E-state index is 13.1. The minimum atomic E-state index is -4.26. The van der Waals surface area contributed by atoms with E-state index in [1.54, 1.807) is 0 Å². The molecule has 0 heterocycles. The van der Waals surface area contributed by atoms with Crippen LogP contribution in [-0.4, -0.2) is 23.6 Å². The van der Waals surface area contributed by atoms with E-state index in [1.165, 1.54) is 19.9 Å². The average molecular weight is 325 g/mol. The summed E-state index contributed by atoms with van der Waals surface area (Å²) in [4.78, 5) is 22.0. The lowest BCUT2D eigenvalue weighted by Crippen LogP contribution is -2.32. The molecule has 0 fully saturated rings. The largest absolute Gasteiger partial charge is 0.444 e. The van der Waals surface area contributed by atoms with Gasteiger partial charge in [-0.15, -0.1) is 0 Å². The molecule has 5 nitrogen and oxygen atoms in total. The van der Waals surface area contributed by atoms with Crippen LogP contribution < -0.4 is 15.4 Å². The molecule has 1 unspecified atom stereocenters. The van der Waals surface area contributed by atoms with Crippen LogP contribution in [0.2, 0.25) is 0 Å². The molecule has 0 aliphatic heterocycles. The molecular weight excluding hydrogens is 313 g/mol. The Morgan fingerprint density at radius 2 is 1.57 bits per heavy atom. The lowest BCUT2D eigenvalue weighted by molar-refractivity contribution is -0.198. The molecule has 9 heteroatoms. The molecule has 1 rings (SSSR count). The van der Waals surface area contributed by atoms with Gasteiger partial charge in [0.25, 0.3) is 5.63 Å². The molecule has 1 aromatic carbocycles. The number of rotatable bonds is 5. The van der Waals surface area contributed by atoms with Crippen molar-refractivity contribution < 1.29 is 27.5 Å². The number of anilines is 2. The first-order valence-corrected chi connectivity index (χ1v) is 6.09. The Bertz CT molecular complexity index is 518. The predicted octanol–water partition coefficient (Wildman–Crippen LogP) is 3.11. The van der Waals surface area contributed by atoms with Crippen molar-refractivity contribution in [2.45, 2.75) is 25.6 Å². The lowest BCUT2D eigenvalue weighted by Gasteiger charge is -2.19. The van der Waals surface area contributed by atoms with E-state index < -0.39 is 29.3 Å². The zero-order valence-corrected chi connectivity index (χ0v) is 11.8. The van der Waals surface area contributed by atoms with Crippen molar-refractivity contribution in [1.82, 2.24) is 0 Å². The van der Waals surface area contributed by atoms with Crippen molar-refractivity contribution in [1.29, 1.82) is 0 Å². The van der Waals surface area contributed by atoms with Gasteiger partial charge in [0.2, 0.25) is 11.8 Å². The third-order valence-corrected chi connectivity index (χ3v) is 2.31. The Labute approximate surface area is 123 Å². The first-order chi connectivity index (χ1) is 9.60. The van der Waals surface area contributed by atoms with Crippen molar-refractivity contribution >= 4 is 34.8 Å². The van der Waals surface area contributed by atoms with E-state index in [0.717, 1.165) is 12.1 Å². The molecule has 1 atom stereocenters. The number of halogens is 4. The van der Waals surface area contributed by atoms with E-state index in [2.05, 4.69) is 27.0 Å². The maximum absolute atomic E-state index is 13.1. The number of hydrogen-bond donors (Lipinski definition) is 2. The van der Waals surface area contributed by atoms with E-state index >= 15 is 0 Å². The van der Waals surface area contributed by atoms with Crippen LogP contribution >= 0.6 is 11.6 Å². The van der Waals surface area contributed by atoms with Gasteiger partial charge in [-0.05, 0) is 6.07 Å². The molecule has 0 aliphatic carbocycles. The van der Waals surface area contributed by atoms with Gasteiger partial charge in [-0.2, -0.15) is 8.78 Å². The number of nitrogens with one attached hydrogen (secondary N) is 2. The second-order valence-electron chi connectivity index (χ2n) is 4.07. The highest BCUT2D eigenvalue weighted by atomic mass is 35.5. The minimum absolute atomic E-state index is 0.0875. The van der Waals surface area contributed by atoms with Crippen molar-refractivity contribution in [2.75, 3.05) is 10.6 Å². The first-order valence-electron chi connectivity index (χ1n) is 5.65. The molecule has 0 saturated carbocycles. The Hall–Kier alpha value is -1.96. The molecular formula is C12H12ClF3N2O3. The zero-order valence-electron chi connectivity index (χ0n) is 11.0. The van der Waals surface area contributed by atoms with Gasteiger partial charge in [-0.3, -0.25) is 9.59 Å². The number of carbonyl (C=O) groups excluding carboxylic acids is 2. The van der Waals surface area contributed by atoms with Crippen LogP contribution in [0.1, 0.15) is 13.8 Å². The summed E-state index contributed by atoms with van der Waals surface area (Å²) in [6, 6.07) is 3.40. The topological polar surface area (TPSA) is 67.4 Å². The van der Waals surface area contributed by atoms with Crippen molar-refractivity contribution in [3.63, 3.8) is 0 Å². The summed E-state index contributed by atoms with van der Waals surface area (Å²) < 4.78 is 42.9. The maximum Gasteiger partial charge on any atom is 0.444 e. The highest BCUT2D eigenvalue weighted by Crippen LogP contribution is 2.32. The van der Waals surface area contributed by atoms with Gasteiger partial charge in [-0.1, -0.05) is 11.6 Å². The number of hydrogen-bond acceptors (Lipinski definition) is 3. The van der Waals surface area contributed by atoms with Crippen LogP contribution in [-0.2, 0) is 9.59 Å². The SMILES string of the molecule is CC(=O)Nc1cc(NC(C)=O)cc(OC(F)(F)C(F)Cl)c1. The Morgan fingerprint density at radius 3 is 1.90 bits per heavy atom. The summed E-state index contributed by atoms with van der Waals surface area (Å²) in [5.41, 5.74) is -2.87. The van der Waals surface area contributed by atoms with E-state index in [-0.39, 0.29) is 11.4 Å². The van der Waals surface area contributed by atoms with Gasteiger partial charge in [0, 0.05) is 37.4 Å². The molecule has 116 valence electrons. The van der Waals surface area contributed by atoms with E-state index in [0.29, 0.717) is 0 Å². The smallest absolute Gasteiger partial charge is 0.429 e. The van der Waals surface area contributed by atoms with Crippen LogP contribution in [0.25, 0.3) is 0 Å². The third-order valence-electron chi connectivity index (χ3n) is 2.06. The van der Waals surface area contributed by atoms with Crippen LogP contribution in [0.3, 0.4) is 0 Å². The van der Waals surface area contributed by atoms with E-state index in [1.807, 2.05) is 0 Å². The highest BCUT2D eigenvalue weighted by Gasteiger charge is 2.42. The Morgan fingerprint density at radius 1 is 1.14 bits per heavy atom. The van der Waals surface area contributed by atoms with Crippen LogP contribution in [0, 0.1) is 0 Å². The molecule has 0 aromatic heterocycles. The Balaban J connectivity index is 3.11. The second-order valence-corrected chi connectivity index (χ2v) is 4.46. The van der Waals surface area contributed by atoms with Crippen LogP contribution in [0.4, 0.5) is 24.5 Å². The van der Waals surface area contributed by atoms with Crippen molar-refractivity contribution in [2.24, 2.45) is 0 Å². The monoisotopic (exact) mass is 324 g/mol. The number of ether oxygens (including phenoxy) is 1. The molecule has 0 bridgehead atoms. The van der Waals surface area contributed by atoms with Gasteiger partial charge >= 0.3 is 6.11 Å². The zero-order chi connectivity index (χ0) is 16.2. The third kappa shape index (κ3) is 5.50. The van der Waals surface area contributed by atoms with E-state index in [4.69, 9.17) is 0 Å². The van der Waals surface area contributed by atoms with Gasteiger partial charge in [0.1, 0.15) is 5.75 Å². The summed E-state index contributed by atoms with van der Waals surface area (Å²) in [5.74, 6) is -1.40. The number of benzene rings is 1. The molecule has 0 saturated heterocycles. The normalized spacial score (nSPS) is 12.5. The molecule has 0 spiro atoms. The fraction of sp³-hybridized carbons (Fsp3) is 0.333. The number of carbonyl (C=O) groups is 2. The first kappa shape index (κ1) is 17.1. The molecule has 1 aromatic rings. The average Bonchev–Trinajstić information content (AvgIpc) is 2.25. The van der Waals surface area contributed by atoms with Gasteiger partial charge in [-0.25, -0.2) is 4.39 Å². The highest BCUT2D eigenvalue weighted by molar-refractivity contribution is 6.20. The fourth-order valence-electron chi connectivity index (χ4n) is 1.41. The lowest BCUT2D eigenvalue weighted by atomic mass is 10.2. The summed E-state index contributed by atoms with van der Waals surface area (Å²) in [6.45, 7) is 2.41.